The maximum absolute atomic E-state index is 13.2. The summed E-state index contributed by atoms with van der Waals surface area (Å²) in [4.78, 5) is 19.9. The molecule has 7 heteroatoms. The van der Waals surface area contributed by atoms with E-state index in [0.717, 1.165) is 46.9 Å². The predicted octanol–water partition coefficient (Wildman–Crippen LogP) is 2.80. The number of β-amino-alcohol motifs (C(OH)–C–C–N with tert-alkyl or cyclic N) is 1. The molecule has 3 aromatic rings. The summed E-state index contributed by atoms with van der Waals surface area (Å²) >= 11 is 0. The third kappa shape index (κ3) is 5.15. The maximum Gasteiger partial charge on any atom is 0.225 e. The second-order valence-electron chi connectivity index (χ2n) is 9.05. The lowest BCUT2D eigenvalue weighted by molar-refractivity contribution is -0.126. The van der Waals surface area contributed by atoms with Crippen molar-refractivity contribution in [1.29, 1.82) is 0 Å². The molecule has 2 aromatic carbocycles. The minimum absolute atomic E-state index is 0.0807. The van der Waals surface area contributed by atoms with Crippen LogP contribution in [-0.2, 0) is 29.7 Å². The minimum Gasteiger partial charge on any atom is -0.389 e. The van der Waals surface area contributed by atoms with E-state index in [1.807, 2.05) is 57.2 Å². The molecular formula is C26H33N5O2. The topological polar surface area (TPSA) is 94.1 Å². The molecule has 33 heavy (non-hydrogen) atoms. The first-order chi connectivity index (χ1) is 15.9. The van der Waals surface area contributed by atoms with E-state index in [-0.39, 0.29) is 12.3 Å². The Morgan fingerprint density at radius 3 is 2.73 bits per heavy atom. The van der Waals surface area contributed by atoms with Crippen molar-refractivity contribution in [1.82, 2.24) is 25.4 Å². The number of aliphatic hydroxyl groups is 1. The van der Waals surface area contributed by atoms with E-state index >= 15 is 0 Å². The number of carbonyl (C=O) groups is 1. The molecule has 1 saturated heterocycles. The van der Waals surface area contributed by atoms with Gasteiger partial charge in [-0.15, -0.1) is 0 Å². The molecular weight excluding hydrogens is 414 g/mol. The first kappa shape index (κ1) is 23.1. The summed E-state index contributed by atoms with van der Waals surface area (Å²) in [6.07, 6.45) is 0.912. The highest BCUT2D eigenvalue weighted by molar-refractivity contribution is 5.80. The molecule has 2 atom stereocenters. The SMILES string of the molecule is CCc1n[nH]c(CN2CC[C@](NC(=O)Cc3cc(C)ccc3C)(c3ccccc3)[C@H](O)C2)n1. The standard InChI is InChI=1S/C26H33N5O2/c1-4-23-27-24(30-29-23)17-31-13-12-26(22(32)16-31,21-8-6-5-7-9-21)28-25(33)15-20-14-18(2)10-11-19(20)3/h5-11,14,22,32H,4,12-13,15-17H2,1-3H3,(H,28,33)(H,27,29,30)/t22-,26+/m1/s1. The van der Waals surface area contributed by atoms with Gasteiger partial charge in [-0.05, 0) is 37.0 Å². The molecule has 0 saturated carbocycles. The van der Waals surface area contributed by atoms with Gasteiger partial charge in [-0.1, -0.05) is 61.0 Å². The lowest BCUT2D eigenvalue weighted by atomic mass is 9.78. The predicted molar refractivity (Wildman–Crippen MR) is 128 cm³/mol. The quantitative estimate of drug-likeness (QED) is 0.518. The van der Waals surface area contributed by atoms with Gasteiger partial charge in [0.15, 0.2) is 0 Å². The Morgan fingerprint density at radius 2 is 2.03 bits per heavy atom. The average molecular weight is 448 g/mol. The van der Waals surface area contributed by atoms with Gasteiger partial charge in [0.2, 0.25) is 5.91 Å². The van der Waals surface area contributed by atoms with Crippen molar-refractivity contribution in [2.24, 2.45) is 0 Å². The van der Waals surface area contributed by atoms with Crippen LogP contribution in [0.3, 0.4) is 0 Å². The molecule has 1 aliphatic heterocycles. The molecule has 174 valence electrons. The van der Waals surface area contributed by atoms with Crippen LogP contribution in [0.1, 0.15) is 47.2 Å². The number of nitrogens with one attached hydrogen (secondary N) is 2. The van der Waals surface area contributed by atoms with Gasteiger partial charge in [-0.3, -0.25) is 14.8 Å². The number of amides is 1. The van der Waals surface area contributed by atoms with Crippen molar-refractivity contribution in [3.05, 3.63) is 82.4 Å². The van der Waals surface area contributed by atoms with Crippen LogP contribution < -0.4 is 5.32 Å². The molecule has 1 amide bonds. The lowest BCUT2D eigenvalue weighted by Crippen LogP contribution is -2.62. The number of aliphatic hydroxyl groups excluding tert-OH is 1. The number of carbonyl (C=O) groups excluding carboxylic acids is 1. The average Bonchev–Trinajstić information content (AvgIpc) is 3.26. The summed E-state index contributed by atoms with van der Waals surface area (Å²) in [6, 6.07) is 16.0. The normalized spacial score (nSPS) is 21.2. The number of H-pyrrole nitrogens is 1. The number of hydrogen-bond acceptors (Lipinski definition) is 5. The van der Waals surface area contributed by atoms with Crippen LogP contribution >= 0.6 is 0 Å². The zero-order valence-electron chi connectivity index (χ0n) is 19.6. The van der Waals surface area contributed by atoms with Crippen LogP contribution in [0.15, 0.2) is 48.5 Å². The fourth-order valence-corrected chi connectivity index (χ4v) is 4.66. The molecule has 4 rings (SSSR count). The van der Waals surface area contributed by atoms with Crippen molar-refractivity contribution < 1.29 is 9.90 Å². The summed E-state index contributed by atoms with van der Waals surface area (Å²) in [7, 11) is 0. The largest absolute Gasteiger partial charge is 0.389 e. The molecule has 0 aliphatic carbocycles. The van der Waals surface area contributed by atoms with E-state index in [1.54, 1.807) is 0 Å². The number of benzene rings is 2. The van der Waals surface area contributed by atoms with E-state index in [9.17, 15) is 9.90 Å². The van der Waals surface area contributed by atoms with Crippen molar-refractivity contribution in [3.8, 4) is 0 Å². The van der Waals surface area contributed by atoms with Crippen LogP contribution in [0.5, 0.6) is 0 Å². The van der Waals surface area contributed by atoms with E-state index in [4.69, 9.17) is 0 Å². The number of aromatic nitrogens is 3. The van der Waals surface area contributed by atoms with Gasteiger partial charge in [0, 0.05) is 19.5 Å². The molecule has 0 bridgehead atoms. The van der Waals surface area contributed by atoms with Crippen LogP contribution in [-0.4, -0.2) is 50.3 Å². The Kier molecular flexibility index (Phi) is 6.91. The van der Waals surface area contributed by atoms with E-state index in [0.29, 0.717) is 19.5 Å². The summed E-state index contributed by atoms with van der Waals surface area (Å²) in [5.41, 5.74) is 3.34. The highest BCUT2D eigenvalue weighted by Crippen LogP contribution is 2.34. The number of nitrogens with zero attached hydrogens (tertiary/aromatic N) is 3. The zero-order chi connectivity index (χ0) is 23.4. The second-order valence-corrected chi connectivity index (χ2v) is 9.05. The number of piperidine rings is 1. The number of rotatable bonds is 7. The van der Waals surface area contributed by atoms with Gasteiger partial charge in [-0.25, -0.2) is 4.98 Å². The fourth-order valence-electron chi connectivity index (χ4n) is 4.66. The number of aryl methyl sites for hydroxylation is 3. The van der Waals surface area contributed by atoms with Crippen LogP contribution in [0.4, 0.5) is 0 Å². The minimum atomic E-state index is -0.831. The molecule has 3 N–H and O–H groups in total. The van der Waals surface area contributed by atoms with Crippen LogP contribution in [0.2, 0.25) is 0 Å². The molecule has 1 aromatic heterocycles. The van der Waals surface area contributed by atoms with Gasteiger partial charge < -0.3 is 10.4 Å². The van der Waals surface area contributed by atoms with Gasteiger partial charge >= 0.3 is 0 Å². The van der Waals surface area contributed by atoms with E-state index in [2.05, 4.69) is 37.5 Å². The van der Waals surface area contributed by atoms with Crippen molar-refractivity contribution in [3.63, 3.8) is 0 Å². The summed E-state index contributed by atoms with van der Waals surface area (Å²) in [5, 5.41) is 21.8. The Labute approximate surface area is 195 Å². The monoisotopic (exact) mass is 447 g/mol. The Bertz CT molecular complexity index is 1100. The molecule has 7 nitrogen and oxygen atoms in total. The lowest BCUT2D eigenvalue weighted by Gasteiger charge is -2.46. The Morgan fingerprint density at radius 1 is 1.24 bits per heavy atom. The highest BCUT2D eigenvalue weighted by atomic mass is 16.3. The molecule has 1 fully saturated rings. The fraction of sp³-hybridized carbons (Fsp3) is 0.423. The van der Waals surface area contributed by atoms with Crippen molar-refractivity contribution in [2.75, 3.05) is 13.1 Å². The van der Waals surface area contributed by atoms with Gasteiger partial charge in [0.05, 0.1) is 24.6 Å². The second kappa shape index (κ2) is 9.85. The molecule has 0 radical (unpaired) electrons. The Balaban J connectivity index is 1.53. The van der Waals surface area contributed by atoms with Gasteiger partial charge in [0.1, 0.15) is 11.6 Å². The highest BCUT2D eigenvalue weighted by Gasteiger charge is 2.45. The zero-order valence-corrected chi connectivity index (χ0v) is 19.6. The number of likely N-dealkylation sites (tertiary alicyclic amines) is 1. The van der Waals surface area contributed by atoms with E-state index in [1.165, 1.54) is 0 Å². The molecule has 2 heterocycles. The van der Waals surface area contributed by atoms with E-state index < -0.39 is 11.6 Å². The van der Waals surface area contributed by atoms with Crippen LogP contribution in [0, 0.1) is 13.8 Å². The third-order valence-corrected chi connectivity index (χ3v) is 6.60. The molecule has 0 unspecified atom stereocenters. The molecule has 0 spiro atoms. The summed E-state index contributed by atoms with van der Waals surface area (Å²) in [6.45, 7) is 7.82. The third-order valence-electron chi connectivity index (χ3n) is 6.60. The van der Waals surface area contributed by atoms with Crippen molar-refractivity contribution in [2.45, 2.75) is 58.2 Å². The first-order valence-corrected chi connectivity index (χ1v) is 11.6. The molecule has 1 aliphatic rings. The smallest absolute Gasteiger partial charge is 0.225 e. The van der Waals surface area contributed by atoms with Crippen LogP contribution in [0.25, 0.3) is 0 Å². The summed E-state index contributed by atoms with van der Waals surface area (Å²) < 4.78 is 0. The first-order valence-electron chi connectivity index (χ1n) is 11.6. The van der Waals surface area contributed by atoms with Gasteiger partial charge in [0.25, 0.3) is 0 Å². The maximum atomic E-state index is 13.2. The number of hydrogen-bond donors (Lipinski definition) is 3. The van der Waals surface area contributed by atoms with Gasteiger partial charge in [-0.2, -0.15) is 5.10 Å². The number of aromatic amines is 1. The van der Waals surface area contributed by atoms with Crippen molar-refractivity contribution >= 4 is 5.91 Å². The summed E-state index contributed by atoms with van der Waals surface area (Å²) in [5.74, 6) is 1.51. The Hall–Kier alpha value is -3.03.